The second-order valence-corrected chi connectivity index (χ2v) is 3.97. The fraction of sp³-hybridized carbons (Fsp3) is 0.900. The fourth-order valence-electron chi connectivity index (χ4n) is 1.51. The monoisotopic (exact) mass is 200 g/mol. The zero-order valence-electron chi connectivity index (χ0n) is 8.95. The molecule has 82 valence electrons. The highest BCUT2D eigenvalue weighted by molar-refractivity contribution is 5.81. The summed E-state index contributed by atoms with van der Waals surface area (Å²) in [5, 5.41) is 2.82. The number of hydrogen-bond donors (Lipinski definition) is 2. The summed E-state index contributed by atoms with van der Waals surface area (Å²) in [6, 6.07) is 0.0515. The topological polar surface area (TPSA) is 64.3 Å². The van der Waals surface area contributed by atoms with Crippen LogP contribution >= 0.6 is 0 Å². The minimum Gasteiger partial charge on any atom is -0.368 e. The predicted molar refractivity (Wildman–Crippen MR) is 54.8 cm³/mol. The first kappa shape index (κ1) is 11.5. The van der Waals surface area contributed by atoms with Crippen molar-refractivity contribution in [1.82, 2.24) is 5.32 Å². The third-order valence-corrected chi connectivity index (χ3v) is 2.71. The summed E-state index contributed by atoms with van der Waals surface area (Å²) in [6.07, 6.45) is 1.58. The lowest BCUT2D eigenvalue weighted by molar-refractivity contribution is -0.131. The van der Waals surface area contributed by atoms with Crippen molar-refractivity contribution in [2.45, 2.75) is 38.8 Å². The van der Waals surface area contributed by atoms with Gasteiger partial charge < -0.3 is 15.8 Å². The molecule has 0 bridgehead atoms. The molecule has 3 unspecified atom stereocenters. The second kappa shape index (κ2) is 5.32. The highest BCUT2D eigenvalue weighted by atomic mass is 16.5. The number of hydrogen-bond acceptors (Lipinski definition) is 3. The van der Waals surface area contributed by atoms with E-state index >= 15 is 0 Å². The first-order valence-electron chi connectivity index (χ1n) is 5.30. The Balaban J connectivity index is 2.27. The molecule has 0 aromatic heterocycles. The van der Waals surface area contributed by atoms with Crippen molar-refractivity contribution in [2.24, 2.45) is 11.7 Å². The van der Waals surface area contributed by atoms with E-state index in [9.17, 15) is 4.79 Å². The van der Waals surface area contributed by atoms with E-state index in [-0.39, 0.29) is 18.1 Å². The number of rotatable bonds is 4. The molecule has 14 heavy (non-hydrogen) atoms. The van der Waals surface area contributed by atoms with E-state index in [2.05, 4.69) is 5.32 Å². The maximum absolute atomic E-state index is 11.6. The van der Waals surface area contributed by atoms with E-state index in [1.807, 2.05) is 13.8 Å². The van der Waals surface area contributed by atoms with E-state index in [1.165, 1.54) is 0 Å². The van der Waals surface area contributed by atoms with E-state index < -0.39 is 0 Å². The molecule has 4 heteroatoms. The maximum atomic E-state index is 11.6. The van der Waals surface area contributed by atoms with Gasteiger partial charge in [-0.2, -0.15) is 0 Å². The predicted octanol–water partition coefficient (Wildman–Crippen LogP) is 0.265. The zero-order valence-corrected chi connectivity index (χ0v) is 8.95. The smallest absolute Gasteiger partial charge is 0.249 e. The van der Waals surface area contributed by atoms with Crippen molar-refractivity contribution in [3.8, 4) is 0 Å². The van der Waals surface area contributed by atoms with Gasteiger partial charge in [-0.05, 0) is 18.8 Å². The number of amides is 1. The lowest BCUT2D eigenvalue weighted by Gasteiger charge is -2.16. The minimum absolute atomic E-state index is 0.0149. The van der Waals surface area contributed by atoms with Gasteiger partial charge in [-0.25, -0.2) is 0 Å². The van der Waals surface area contributed by atoms with Crippen LogP contribution in [0.3, 0.4) is 0 Å². The molecule has 0 radical (unpaired) electrons. The normalized spacial score (nSPS) is 28.8. The van der Waals surface area contributed by atoms with Gasteiger partial charge in [0.1, 0.15) is 6.10 Å². The molecule has 1 aliphatic rings. The first-order chi connectivity index (χ1) is 6.65. The lowest BCUT2D eigenvalue weighted by Crippen LogP contribution is -2.43. The number of carbonyl (C=O) groups excluding carboxylic acids is 1. The zero-order chi connectivity index (χ0) is 10.6. The van der Waals surface area contributed by atoms with E-state index in [1.54, 1.807) is 0 Å². The Morgan fingerprint density at radius 1 is 1.71 bits per heavy atom. The van der Waals surface area contributed by atoms with Crippen molar-refractivity contribution in [3.05, 3.63) is 0 Å². The Morgan fingerprint density at radius 2 is 2.43 bits per heavy atom. The van der Waals surface area contributed by atoms with Crippen LogP contribution in [0.5, 0.6) is 0 Å². The molecule has 1 heterocycles. The Bertz CT molecular complexity index is 197. The van der Waals surface area contributed by atoms with Crippen molar-refractivity contribution >= 4 is 5.91 Å². The van der Waals surface area contributed by atoms with Gasteiger partial charge in [0.25, 0.3) is 0 Å². The first-order valence-corrected chi connectivity index (χ1v) is 5.30. The second-order valence-electron chi connectivity index (χ2n) is 3.97. The average molecular weight is 200 g/mol. The van der Waals surface area contributed by atoms with Gasteiger partial charge in [0.15, 0.2) is 0 Å². The van der Waals surface area contributed by atoms with Crippen molar-refractivity contribution in [3.63, 3.8) is 0 Å². The van der Waals surface area contributed by atoms with Crippen molar-refractivity contribution < 1.29 is 9.53 Å². The highest BCUT2D eigenvalue weighted by Crippen LogP contribution is 2.19. The summed E-state index contributed by atoms with van der Waals surface area (Å²) in [6.45, 7) is 5.28. The lowest BCUT2D eigenvalue weighted by atomic mass is 10.0. The average Bonchev–Trinajstić information content (AvgIpc) is 2.60. The molecule has 1 amide bonds. The van der Waals surface area contributed by atoms with E-state index in [0.29, 0.717) is 19.1 Å². The maximum Gasteiger partial charge on any atom is 0.249 e. The minimum atomic E-state index is -0.265. The van der Waals surface area contributed by atoms with Crippen LogP contribution in [0, 0.1) is 5.92 Å². The van der Waals surface area contributed by atoms with Crippen LogP contribution in [-0.4, -0.2) is 31.2 Å². The summed E-state index contributed by atoms with van der Waals surface area (Å²) in [7, 11) is 0. The molecule has 1 fully saturated rings. The van der Waals surface area contributed by atoms with E-state index in [4.69, 9.17) is 10.5 Å². The van der Waals surface area contributed by atoms with Gasteiger partial charge in [-0.15, -0.1) is 0 Å². The number of nitrogens with two attached hydrogens (primary N) is 1. The molecule has 0 saturated carbocycles. The number of carbonyl (C=O) groups is 1. The Kier molecular flexibility index (Phi) is 4.35. The molecule has 0 aromatic rings. The van der Waals surface area contributed by atoms with Crippen LogP contribution in [0.15, 0.2) is 0 Å². The molecule has 1 saturated heterocycles. The third kappa shape index (κ3) is 2.96. The van der Waals surface area contributed by atoms with Crippen LogP contribution < -0.4 is 11.1 Å². The molecule has 3 atom stereocenters. The summed E-state index contributed by atoms with van der Waals surface area (Å²) in [5.74, 6) is 0.312. The van der Waals surface area contributed by atoms with Crippen molar-refractivity contribution in [2.75, 3.05) is 13.2 Å². The largest absolute Gasteiger partial charge is 0.368 e. The van der Waals surface area contributed by atoms with Crippen LogP contribution in [0.25, 0.3) is 0 Å². The van der Waals surface area contributed by atoms with Gasteiger partial charge >= 0.3 is 0 Å². The summed E-state index contributed by atoms with van der Waals surface area (Å²) in [5.41, 5.74) is 5.70. The molecule has 1 rings (SSSR count). The summed E-state index contributed by atoms with van der Waals surface area (Å²) < 4.78 is 5.34. The van der Waals surface area contributed by atoms with Gasteiger partial charge in [0, 0.05) is 19.2 Å². The van der Waals surface area contributed by atoms with Gasteiger partial charge in [-0.3, -0.25) is 4.79 Å². The summed E-state index contributed by atoms with van der Waals surface area (Å²) >= 11 is 0. The highest BCUT2D eigenvalue weighted by Gasteiger charge is 2.30. The SMILES string of the molecule is CCC(N)CNC(=O)C1OCCC1C. The molecule has 0 aliphatic carbocycles. The van der Waals surface area contributed by atoms with Crippen molar-refractivity contribution in [1.29, 1.82) is 0 Å². The standard InChI is InChI=1S/C10H20N2O2/c1-3-8(11)6-12-10(13)9-7(2)4-5-14-9/h7-9H,3-6,11H2,1-2H3,(H,12,13). The molecule has 1 aliphatic heterocycles. The molecular formula is C10H20N2O2. The molecule has 3 N–H and O–H groups in total. The van der Waals surface area contributed by atoms with Gasteiger partial charge in [0.05, 0.1) is 0 Å². The molecule has 0 aromatic carbocycles. The Hall–Kier alpha value is -0.610. The fourth-order valence-corrected chi connectivity index (χ4v) is 1.51. The summed E-state index contributed by atoms with van der Waals surface area (Å²) in [4.78, 5) is 11.6. The van der Waals surface area contributed by atoms with Crippen LogP contribution in [-0.2, 0) is 9.53 Å². The van der Waals surface area contributed by atoms with Crippen LogP contribution in [0.1, 0.15) is 26.7 Å². The van der Waals surface area contributed by atoms with Crippen LogP contribution in [0.2, 0.25) is 0 Å². The third-order valence-electron chi connectivity index (χ3n) is 2.71. The van der Waals surface area contributed by atoms with Gasteiger partial charge in [0.2, 0.25) is 5.91 Å². The van der Waals surface area contributed by atoms with E-state index in [0.717, 1.165) is 12.8 Å². The molecular weight excluding hydrogens is 180 g/mol. The Morgan fingerprint density at radius 3 is 2.93 bits per heavy atom. The Labute approximate surface area is 85.2 Å². The van der Waals surface area contributed by atoms with Gasteiger partial charge in [-0.1, -0.05) is 13.8 Å². The van der Waals surface area contributed by atoms with Crippen LogP contribution in [0.4, 0.5) is 0 Å². The number of nitrogens with one attached hydrogen (secondary N) is 1. The molecule has 4 nitrogen and oxygen atoms in total. The number of ether oxygens (including phenoxy) is 1. The quantitative estimate of drug-likeness (QED) is 0.684. The molecule has 0 spiro atoms.